The number of aromatic nitrogens is 2. The molecule has 0 spiro atoms. The molecule has 2 aromatic heterocycles. The molecule has 0 amide bonds. The maximum atomic E-state index is 8.89. The number of hydrogen-bond donors (Lipinski definition) is 0. The van der Waals surface area contributed by atoms with Crippen molar-refractivity contribution in [3.8, 4) is 22.3 Å². The zero-order valence-corrected chi connectivity index (χ0v) is 44.6. The maximum absolute atomic E-state index is 8.89. The van der Waals surface area contributed by atoms with E-state index in [0.29, 0.717) is 0 Å². The van der Waals surface area contributed by atoms with Crippen LogP contribution < -0.4 is 62.0 Å². The molecule has 5 heterocycles. The minimum atomic E-state index is -1.08. The van der Waals surface area contributed by atoms with Crippen LogP contribution in [0.5, 0.6) is 0 Å². The monoisotopic (exact) mass is 964 g/mol. The first-order valence-corrected chi connectivity index (χ1v) is 21.5. The number of aliphatic carboxylic acids is 1. The van der Waals surface area contributed by atoms with Gasteiger partial charge in [0.2, 0.25) is 0 Å². The summed E-state index contributed by atoms with van der Waals surface area (Å²) in [5.41, 5.74) is 3.50. The van der Waals surface area contributed by atoms with Crippen molar-refractivity contribution in [1.29, 1.82) is 0 Å². The van der Waals surface area contributed by atoms with Crippen molar-refractivity contribution in [2.75, 3.05) is 0 Å². The third-order valence-corrected chi connectivity index (χ3v) is 11.5. The first kappa shape index (κ1) is 56.0. The topological polar surface area (TPSA) is 121 Å². The largest absolute Gasteiger partial charge is 1.00 e. The second-order valence-corrected chi connectivity index (χ2v) is 19.9. The van der Waals surface area contributed by atoms with Crippen LogP contribution in [-0.2, 0) is 32.7 Å². The van der Waals surface area contributed by atoms with Crippen LogP contribution >= 0.6 is 39.1 Å². The third kappa shape index (κ3) is 16.4. The summed E-state index contributed by atoms with van der Waals surface area (Å²) < 4.78 is 37.1. The standard InChI is InChI=1S/C17H20BNO2.C12H24B2O4.C11H8BrN.C2H4Cl2.C2H4O2.K/c1-16(2)17(3,4)21-18(20-16)15-9-5-7-13(11-15)14-8-6-10-19-12-14;1-9(2)10(3,4)16-13(15-9)14-17-11(5,6)12(7,8)18-14;12-11-5-1-3-9(7-11)10-4-2-6-13-8-10;2*1-2(3)4;/h5-12H,1-4H3;1-8H3;1-8H;2H,1H3;1H3,(H,3,4);/q;;;;;+1/p-1. The molecule has 2 aromatic carbocycles. The van der Waals surface area contributed by atoms with Gasteiger partial charge in [0.05, 0.1) is 33.6 Å². The number of carboxylic acids is 1. The number of rotatable bonds is 4. The average molecular weight is 966 g/mol. The van der Waals surface area contributed by atoms with E-state index >= 15 is 0 Å². The van der Waals surface area contributed by atoms with Crippen molar-refractivity contribution >= 4 is 71.7 Å². The van der Waals surface area contributed by atoms with Crippen molar-refractivity contribution in [2.24, 2.45) is 0 Å². The van der Waals surface area contributed by atoms with Crippen LogP contribution in [0.15, 0.2) is 102 Å². The van der Waals surface area contributed by atoms with E-state index in [1.54, 1.807) is 19.3 Å². The Morgan fingerprint density at radius 1 is 0.590 bits per heavy atom. The molecule has 0 bridgehead atoms. The quantitative estimate of drug-likeness (QED) is 0.169. The van der Waals surface area contributed by atoms with E-state index in [4.69, 9.17) is 61.0 Å². The summed E-state index contributed by atoms with van der Waals surface area (Å²) in [7, 11) is -1.28. The first-order valence-electron chi connectivity index (χ1n) is 19.8. The third-order valence-electron chi connectivity index (χ3n) is 11.0. The summed E-state index contributed by atoms with van der Waals surface area (Å²) >= 11 is 13.5. The molecule has 10 nitrogen and oxygen atoms in total. The molecule has 0 atom stereocenters. The van der Waals surface area contributed by atoms with E-state index in [1.165, 1.54) is 5.56 Å². The summed E-state index contributed by atoms with van der Waals surface area (Å²) in [6, 6.07) is 24.4. The maximum Gasteiger partial charge on any atom is 1.00 e. The van der Waals surface area contributed by atoms with Gasteiger partial charge in [-0.25, -0.2) is 0 Å². The van der Waals surface area contributed by atoms with E-state index in [1.807, 2.05) is 104 Å². The van der Waals surface area contributed by atoms with E-state index in [-0.39, 0.29) is 96.9 Å². The molecule has 0 unspecified atom stereocenters. The molecule has 3 aliphatic heterocycles. The Bertz CT molecular complexity index is 1890. The number of carbonyl (C=O) groups excluding carboxylic acids is 1. The minimum absolute atomic E-state index is 0. The van der Waals surface area contributed by atoms with Gasteiger partial charge in [-0.15, -0.1) is 23.2 Å². The molecule has 3 saturated heterocycles. The van der Waals surface area contributed by atoms with Gasteiger partial charge >= 0.3 is 72.5 Å². The van der Waals surface area contributed by atoms with Gasteiger partial charge < -0.3 is 37.8 Å². The molecule has 4 aromatic rings. The SMILES string of the molecule is Brc1cccc(-c2cccnc2)c1.CC(=O)[O-].CC(Cl)Cl.CC1(C)OB(B2OC(C)(C)C(C)(C)O2)OC1(C)C.CC1(C)OB(c2cccc(-c3cccnc3)c2)OC1(C)C.[K+]. The van der Waals surface area contributed by atoms with E-state index in [2.05, 4.69) is 90.0 Å². The van der Waals surface area contributed by atoms with Crippen molar-refractivity contribution in [1.82, 2.24) is 9.97 Å². The van der Waals surface area contributed by atoms with Crippen LogP contribution in [0, 0.1) is 0 Å². The number of alkyl halides is 2. The van der Waals surface area contributed by atoms with E-state index < -0.39 is 20.0 Å². The fraction of sp³-hybridized carbons (Fsp3) is 0.477. The summed E-state index contributed by atoms with van der Waals surface area (Å²) in [5.74, 6) is -1.08. The summed E-state index contributed by atoms with van der Waals surface area (Å²) in [5, 5.41) is 8.89. The summed E-state index contributed by atoms with van der Waals surface area (Å²) in [6.45, 7) is 27.1. The Kier molecular flexibility index (Phi) is 21.4. The fourth-order valence-electron chi connectivity index (χ4n) is 5.58. The molecule has 0 aliphatic carbocycles. The van der Waals surface area contributed by atoms with Gasteiger partial charge in [-0.1, -0.05) is 64.5 Å². The van der Waals surface area contributed by atoms with Crippen LogP contribution in [-0.4, -0.2) is 75.5 Å². The number of carbonyl (C=O) groups is 1. The number of halogens is 3. The van der Waals surface area contributed by atoms with Crippen LogP contribution in [0.4, 0.5) is 0 Å². The van der Waals surface area contributed by atoms with Crippen molar-refractivity contribution < 1.29 is 89.2 Å². The summed E-state index contributed by atoms with van der Waals surface area (Å²) in [6.07, 6.45) is 7.29. The summed E-state index contributed by atoms with van der Waals surface area (Å²) in [4.78, 5) is 16.9. The molecule has 0 saturated carbocycles. The first-order chi connectivity index (χ1) is 27.6. The minimum Gasteiger partial charge on any atom is -0.550 e. The molecule has 3 aliphatic rings. The van der Waals surface area contributed by atoms with Crippen LogP contribution in [0.3, 0.4) is 0 Å². The van der Waals surface area contributed by atoms with E-state index in [9.17, 15) is 0 Å². The number of nitrogens with zero attached hydrogens (tertiary/aromatic N) is 2. The van der Waals surface area contributed by atoms with Gasteiger partial charge in [0.15, 0.2) is 0 Å². The smallest absolute Gasteiger partial charge is 0.550 e. The fourth-order valence-corrected chi connectivity index (χ4v) is 5.98. The Balaban J connectivity index is 0.000000292. The average Bonchev–Trinajstić information content (AvgIpc) is 3.62. The van der Waals surface area contributed by atoms with Crippen molar-refractivity contribution in [3.05, 3.63) is 102 Å². The number of benzene rings is 2. The molecular weight excluding hydrogens is 907 g/mol. The van der Waals surface area contributed by atoms with Crippen LogP contribution in [0.1, 0.15) is 96.9 Å². The van der Waals surface area contributed by atoms with Crippen LogP contribution in [0.2, 0.25) is 0 Å². The van der Waals surface area contributed by atoms with Crippen molar-refractivity contribution in [3.63, 3.8) is 0 Å². The Labute approximate surface area is 426 Å². The molecule has 61 heavy (non-hydrogen) atoms. The molecule has 3 fully saturated rings. The van der Waals surface area contributed by atoms with Crippen molar-refractivity contribution in [2.45, 2.75) is 135 Å². The molecule has 17 heteroatoms. The number of pyridine rings is 2. The predicted molar refractivity (Wildman–Crippen MR) is 247 cm³/mol. The number of carboxylic acid groups (broad SMARTS) is 1. The molecule has 324 valence electrons. The molecular formula is C44H59B3BrCl2KN2O8. The Hall–Kier alpha value is -1.14. The zero-order chi connectivity index (χ0) is 45.3. The van der Waals surface area contributed by atoms with E-state index in [0.717, 1.165) is 33.5 Å². The number of hydrogen-bond acceptors (Lipinski definition) is 10. The predicted octanol–water partition coefficient (Wildman–Crippen LogP) is 6.38. The zero-order valence-electron chi connectivity index (χ0n) is 38.3. The van der Waals surface area contributed by atoms with Gasteiger partial charge in [0.25, 0.3) is 0 Å². The normalized spacial score (nSPS) is 19.3. The van der Waals surface area contributed by atoms with Gasteiger partial charge in [-0.2, -0.15) is 0 Å². The second-order valence-electron chi connectivity index (χ2n) is 17.5. The van der Waals surface area contributed by atoms with Gasteiger partial charge in [0, 0.05) is 40.8 Å². The molecule has 0 radical (unpaired) electrons. The Morgan fingerprint density at radius 3 is 1.23 bits per heavy atom. The molecule has 7 rings (SSSR count). The van der Waals surface area contributed by atoms with Crippen LogP contribution in [0.25, 0.3) is 22.3 Å². The molecule has 0 N–H and O–H groups in total. The van der Waals surface area contributed by atoms with Gasteiger partial charge in [-0.05, 0) is 143 Å². The second kappa shape index (κ2) is 23.4. The van der Waals surface area contributed by atoms with Gasteiger partial charge in [0.1, 0.15) is 4.84 Å². The van der Waals surface area contributed by atoms with Gasteiger partial charge in [-0.3, -0.25) is 9.97 Å². The Morgan fingerprint density at radius 2 is 0.902 bits per heavy atom.